The molecule has 0 fully saturated rings. The number of aryl methyl sites for hydroxylation is 3. The van der Waals surface area contributed by atoms with Crippen LogP contribution in [0.3, 0.4) is 0 Å². The maximum absolute atomic E-state index is 11.7. The van der Waals surface area contributed by atoms with Gasteiger partial charge in [0.05, 0.1) is 23.1 Å². The van der Waals surface area contributed by atoms with E-state index in [1.807, 2.05) is 26.8 Å². The molecule has 3 rings (SSSR count). The number of carboxylic acid groups (broad SMARTS) is 1. The van der Waals surface area contributed by atoms with Crippen LogP contribution in [0, 0.1) is 6.92 Å². The van der Waals surface area contributed by atoms with Crippen molar-refractivity contribution in [2.75, 3.05) is 0 Å². The Bertz CT molecular complexity index is 1010. The van der Waals surface area contributed by atoms with Gasteiger partial charge in [-0.05, 0) is 69.5 Å². The number of nitrogens with zero attached hydrogens (tertiary/aromatic N) is 1. The molecule has 29 heavy (non-hydrogen) atoms. The number of ether oxygens (including phenoxy) is 1. The van der Waals surface area contributed by atoms with Crippen molar-refractivity contribution < 1.29 is 14.6 Å². The third-order valence-electron chi connectivity index (χ3n) is 4.56. The van der Waals surface area contributed by atoms with Gasteiger partial charge in [-0.25, -0.2) is 4.79 Å². The van der Waals surface area contributed by atoms with Gasteiger partial charge in [-0.2, -0.15) is 0 Å². The van der Waals surface area contributed by atoms with Crippen LogP contribution in [0.1, 0.15) is 41.0 Å². The van der Waals surface area contributed by atoms with Crippen molar-refractivity contribution in [3.63, 3.8) is 0 Å². The van der Waals surface area contributed by atoms with Gasteiger partial charge in [0.1, 0.15) is 5.75 Å². The minimum Gasteiger partial charge on any atom is -0.490 e. The van der Waals surface area contributed by atoms with Crippen molar-refractivity contribution in [2.45, 2.75) is 39.7 Å². The van der Waals surface area contributed by atoms with E-state index >= 15 is 0 Å². The van der Waals surface area contributed by atoms with Crippen LogP contribution < -0.4 is 4.74 Å². The molecular weight excluding hydrogens is 386 g/mol. The molecule has 0 aliphatic rings. The number of rotatable bonds is 7. The summed E-state index contributed by atoms with van der Waals surface area (Å²) < 4.78 is 5.90. The Morgan fingerprint density at radius 3 is 2.45 bits per heavy atom. The number of pyridine rings is 1. The van der Waals surface area contributed by atoms with Crippen LogP contribution in [0.15, 0.2) is 54.6 Å². The van der Waals surface area contributed by atoms with Crippen LogP contribution in [-0.2, 0) is 12.8 Å². The van der Waals surface area contributed by atoms with Crippen molar-refractivity contribution in [1.29, 1.82) is 0 Å². The molecule has 0 aliphatic carbocycles. The van der Waals surface area contributed by atoms with Gasteiger partial charge in [0.25, 0.3) is 0 Å². The van der Waals surface area contributed by atoms with E-state index in [0.29, 0.717) is 35.0 Å². The molecule has 0 bridgehead atoms. The zero-order valence-electron chi connectivity index (χ0n) is 16.8. The van der Waals surface area contributed by atoms with Gasteiger partial charge in [0.15, 0.2) is 0 Å². The summed E-state index contributed by atoms with van der Waals surface area (Å²) in [6.07, 6.45) is 1.23. The average molecular weight is 410 g/mol. The quantitative estimate of drug-likeness (QED) is 0.521. The number of benzene rings is 2. The van der Waals surface area contributed by atoms with E-state index < -0.39 is 5.97 Å². The summed E-state index contributed by atoms with van der Waals surface area (Å²) in [5, 5.41) is 10.2. The molecule has 1 heterocycles. The Labute approximate surface area is 176 Å². The first-order chi connectivity index (χ1) is 13.8. The van der Waals surface area contributed by atoms with Gasteiger partial charge in [0.2, 0.25) is 0 Å². The summed E-state index contributed by atoms with van der Waals surface area (Å²) in [5.41, 5.74) is 4.58. The lowest BCUT2D eigenvalue weighted by atomic mass is 10.0. The van der Waals surface area contributed by atoms with E-state index in [-0.39, 0.29) is 11.7 Å². The second kappa shape index (κ2) is 9.10. The molecule has 0 atom stereocenters. The number of halogens is 1. The van der Waals surface area contributed by atoms with Crippen molar-refractivity contribution in [3.8, 4) is 17.0 Å². The zero-order chi connectivity index (χ0) is 21.0. The molecule has 1 aromatic heterocycles. The molecule has 0 saturated carbocycles. The summed E-state index contributed by atoms with van der Waals surface area (Å²) in [4.78, 5) is 16.4. The molecule has 1 N–H and O–H groups in total. The Morgan fingerprint density at radius 1 is 1.07 bits per heavy atom. The van der Waals surface area contributed by atoms with Gasteiger partial charge in [-0.3, -0.25) is 4.98 Å². The molecule has 0 saturated heterocycles. The minimum atomic E-state index is -0.974. The summed E-state index contributed by atoms with van der Waals surface area (Å²) in [5.74, 6) is -0.342. The summed E-state index contributed by atoms with van der Waals surface area (Å²) >= 11 is 6.14. The monoisotopic (exact) mass is 409 g/mol. The lowest BCUT2D eigenvalue weighted by molar-refractivity contribution is 0.0695. The topological polar surface area (TPSA) is 59.4 Å². The first-order valence-electron chi connectivity index (χ1n) is 9.59. The lowest BCUT2D eigenvalue weighted by Crippen LogP contribution is -2.09. The van der Waals surface area contributed by atoms with Crippen LogP contribution >= 0.6 is 11.6 Å². The Kier molecular flexibility index (Phi) is 6.55. The standard InChI is InChI=1S/C24H24ClNO3/c1-15(2)29-23-14-18(25)9-10-19(23)21-13-11-20(24(27)28)22(26-21)12-8-17-6-4-16(3)5-7-17/h4-7,9-11,13-15H,8,12H2,1-3H3,(H,27,28). The fourth-order valence-corrected chi connectivity index (χ4v) is 3.28. The molecule has 0 amide bonds. The number of carboxylic acids is 1. The molecular formula is C24H24ClNO3. The second-order valence-electron chi connectivity index (χ2n) is 7.29. The summed E-state index contributed by atoms with van der Waals surface area (Å²) in [6.45, 7) is 5.93. The fraction of sp³-hybridized carbons (Fsp3) is 0.250. The first-order valence-corrected chi connectivity index (χ1v) is 9.96. The van der Waals surface area contributed by atoms with Crippen LogP contribution in [-0.4, -0.2) is 22.2 Å². The predicted molar refractivity (Wildman–Crippen MR) is 116 cm³/mol. The second-order valence-corrected chi connectivity index (χ2v) is 7.73. The predicted octanol–water partition coefficient (Wildman–Crippen LogP) is 5.98. The number of hydrogen-bond donors (Lipinski definition) is 1. The highest BCUT2D eigenvalue weighted by Gasteiger charge is 2.16. The summed E-state index contributed by atoms with van der Waals surface area (Å²) in [7, 11) is 0. The van der Waals surface area contributed by atoms with Gasteiger partial charge < -0.3 is 9.84 Å². The highest BCUT2D eigenvalue weighted by atomic mass is 35.5. The van der Waals surface area contributed by atoms with Gasteiger partial charge in [0, 0.05) is 10.6 Å². The van der Waals surface area contributed by atoms with Gasteiger partial charge >= 0.3 is 5.97 Å². The Morgan fingerprint density at radius 2 is 1.79 bits per heavy atom. The van der Waals surface area contributed by atoms with E-state index in [1.54, 1.807) is 24.3 Å². The third kappa shape index (κ3) is 5.36. The number of hydrogen-bond acceptors (Lipinski definition) is 3. The van der Waals surface area contributed by atoms with Crippen molar-refractivity contribution >= 4 is 17.6 Å². The zero-order valence-corrected chi connectivity index (χ0v) is 17.5. The smallest absolute Gasteiger partial charge is 0.337 e. The first kappa shape index (κ1) is 20.9. The largest absolute Gasteiger partial charge is 0.490 e. The Balaban J connectivity index is 1.96. The molecule has 5 heteroatoms. The van der Waals surface area contributed by atoms with Crippen LogP contribution in [0.25, 0.3) is 11.3 Å². The third-order valence-corrected chi connectivity index (χ3v) is 4.79. The van der Waals surface area contributed by atoms with Crippen molar-refractivity contribution in [3.05, 3.63) is 82.0 Å². The van der Waals surface area contributed by atoms with Gasteiger partial charge in [-0.1, -0.05) is 41.4 Å². The lowest BCUT2D eigenvalue weighted by Gasteiger charge is -2.15. The molecule has 0 aliphatic heterocycles. The van der Waals surface area contributed by atoms with Crippen LogP contribution in [0.2, 0.25) is 5.02 Å². The number of aromatic nitrogens is 1. The van der Waals surface area contributed by atoms with E-state index in [4.69, 9.17) is 21.3 Å². The van der Waals surface area contributed by atoms with Gasteiger partial charge in [-0.15, -0.1) is 0 Å². The van der Waals surface area contributed by atoms with E-state index in [9.17, 15) is 9.90 Å². The fourth-order valence-electron chi connectivity index (χ4n) is 3.11. The van der Waals surface area contributed by atoms with E-state index in [0.717, 1.165) is 11.1 Å². The van der Waals surface area contributed by atoms with E-state index in [1.165, 1.54) is 5.56 Å². The van der Waals surface area contributed by atoms with Crippen LogP contribution in [0.5, 0.6) is 5.75 Å². The van der Waals surface area contributed by atoms with Crippen molar-refractivity contribution in [1.82, 2.24) is 4.98 Å². The van der Waals surface area contributed by atoms with E-state index in [2.05, 4.69) is 24.3 Å². The maximum atomic E-state index is 11.7. The normalized spacial score (nSPS) is 10.9. The highest BCUT2D eigenvalue weighted by Crippen LogP contribution is 2.33. The van der Waals surface area contributed by atoms with Crippen molar-refractivity contribution in [2.24, 2.45) is 0 Å². The summed E-state index contributed by atoms with van der Waals surface area (Å²) in [6, 6.07) is 17.0. The highest BCUT2D eigenvalue weighted by molar-refractivity contribution is 6.30. The number of aromatic carboxylic acids is 1. The molecule has 0 spiro atoms. The SMILES string of the molecule is Cc1ccc(CCc2nc(-c3ccc(Cl)cc3OC(C)C)ccc2C(=O)O)cc1. The molecule has 0 radical (unpaired) electrons. The molecule has 0 unspecified atom stereocenters. The Hall–Kier alpha value is -2.85. The molecule has 4 nitrogen and oxygen atoms in total. The maximum Gasteiger partial charge on any atom is 0.337 e. The molecule has 2 aromatic carbocycles. The number of carbonyl (C=O) groups is 1. The minimum absolute atomic E-state index is 0.0217. The average Bonchev–Trinajstić information content (AvgIpc) is 2.67. The van der Waals surface area contributed by atoms with Crippen LogP contribution in [0.4, 0.5) is 0 Å². The molecule has 150 valence electrons. The molecule has 3 aromatic rings.